The van der Waals surface area contributed by atoms with E-state index in [9.17, 15) is 29.4 Å². The van der Waals surface area contributed by atoms with Crippen LogP contribution < -0.4 is 9.61 Å². The number of nitrogens with one attached hydrogen (secondary N) is 1. The first-order chi connectivity index (χ1) is 15.8. The molecule has 2 bridgehead atoms. The molecule has 3 fully saturated rings. The molecule has 1 aromatic heterocycles. The number of nitrogens with zero attached hydrogens (tertiary/aromatic N) is 1. The van der Waals surface area contributed by atoms with Crippen LogP contribution in [0.1, 0.15) is 22.8 Å². The van der Waals surface area contributed by atoms with Crippen molar-refractivity contribution in [3.05, 3.63) is 38.3 Å². The largest absolute Gasteiger partial charge is 0.504 e. The lowest BCUT2D eigenvalue weighted by molar-refractivity contribution is -0.149. The van der Waals surface area contributed by atoms with Crippen molar-refractivity contribution >= 4 is 40.9 Å². The summed E-state index contributed by atoms with van der Waals surface area (Å²) in [6, 6.07) is 5.14. The number of likely N-dealkylation sites (tertiary alicyclic amines) is 1. The Balaban J connectivity index is 1.46. The van der Waals surface area contributed by atoms with E-state index in [2.05, 4.69) is 4.98 Å². The highest BCUT2D eigenvalue weighted by molar-refractivity contribution is 8.00. The third kappa shape index (κ3) is 2.78. The first-order valence-corrected chi connectivity index (χ1v) is 12.3. The summed E-state index contributed by atoms with van der Waals surface area (Å²) >= 11 is 2.71. The number of carbonyl (C=O) groups is 3. The molecule has 1 saturated heterocycles. The fourth-order valence-electron chi connectivity index (χ4n) is 6.63. The molecule has 9 nitrogen and oxygen atoms in total. The number of hydrogen-bond donors (Lipinski definition) is 3. The third-order valence-electron chi connectivity index (χ3n) is 7.67. The standard InChI is InChI=1S/C22H20N2O7S2/c1-31-11-4-7(2-3-10(11)25)13-14-8-5-9(17(14)32-19-18(13)33-22(30)23-19)16-15(8)20(28)24(21(16)29)6-12(26)27/h2-4,8-9,13-17,25H,5-6H2,1H3,(H,23,30)(H,26,27)/t8-,9-,13+,14-,15+,16+,17+/m1/s1. The number of aromatic amines is 1. The van der Waals surface area contributed by atoms with Crippen LogP contribution in [-0.2, 0) is 14.4 Å². The lowest BCUT2D eigenvalue weighted by atomic mass is 9.68. The van der Waals surface area contributed by atoms with Gasteiger partial charge in [-0.2, -0.15) is 0 Å². The maximum Gasteiger partial charge on any atom is 0.323 e. The van der Waals surface area contributed by atoms with Crippen molar-refractivity contribution in [3.8, 4) is 11.5 Å². The van der Waals surface area contributed by atoms with Gasteiger partial charge in [0, 0.05) is 16.0 Å². The Morgan fingerprint density at radius 2 is 1.94 bits per heavy atom. The zero-order chi connectivity index (χ0) is 23.2. The summed E-state index contributed by atoms with van der Waals surface area (Å²) in [5.41, 5.74) is 0.875. The average molecular weight is 489 g/mol. The fraction of sp³-hybridized carbons (Fsp3) is 0.455. The molecular weight excluding hydrogens is 468 g/mol. The van der Waals surface area contributed by atoms with Crippen molar-refractivity contribution in [1.29, 1.82) is 0 Å². The molecule has 3 N–H and O–H groups in total. The van der Waals surface area contributed by atoms with Crippen LogP contribution >= 0.6 is 23.1 Å². The second-order valence-electron chi connectivity index (χ2n) is 9.05. The third-order valence-corrected chi connectivity index (χ3v) is 10.3. The summed E-state index contributed by atoms with van der Waals surface area (Å²) in [6.45, 7) is -0.605. The minimum atomic E-state index is -1.20. The monoisotopic (exact) mass is 488 g/mol. The van der Waals surface area contributed by atoms with Gasteiger partial charge >= 0.3 is 10.8 Å². The van der Waals surface area contributed by atoms with E-state index in [1.807, 2.05) is 6.07 Å². The quantitative estimate of drug-likeness (QED) is 0.553. The molecule has 1 aromatic carbocycles. The van der Waals surface area contributed by atoms with Gasteiger partial charge in [0.2, 0.25) is 11.8 Å². The molecule has 33 heavy (non-hydrogen) atoms. The number of phenols is 1. The van der Waals surface area contributed by atoms with Crippen LogP contribution in [0.5, 0.6) is 11.5 Å². The number of hydrogen-bond acceptors (Lipinski definition) is 8. The number of phenolic OH excluding ortho intramolecular Hbond substituents is 1. The van der Waals surface area contributed by atoms with Gasteiger partial charge in [0.05, 0.1) is 24.0 Å². The zero-order valence-electron chi connectivity index (χ0n) is 17.4. The zero-order valence-corrected chi connectivity index (χ0v) is 19.0. The topological polar surface area (TPSA) is 137 Å². The molecule has 0 spiro atoms. The molecule has 2 saturated carbocycles. The number of benzene rings is 1. The van der Waals surface area contributed by atoms with E-state index in [0.29, 0.717) is 5.75 Å². The Bertz CT molecular complexity index is 1270. The molecule has 0 unspecified atom stereocenters. The number of aromatic nitrogens is 1. The van der Waals surface area contributed by atoms with Gasteiger partial charge in [-0.05, 0) is 41.9 Å². The minimum absolute atomic E-state index is 0.00372. The molecule has 2 aliphatic carbocycles. The second-order valence-corrected chi connectivity index (χ2v) is 11.3. The van der Waals surface area contributed by atoms with E-state index in [0.717, 1.165) is 38.1 Å². The number of ether oxygens (including phenoxy) is 1. The number of carboxylic acid groups (broad SMARTS) is 1. The van der Waals surface area contributed by atoms with Crippen molar-refractivity contribution in [1.82, 2.24) is 9.88 Å². The number of H-pyrrole nitrogens is 1. The summed E-state index contributed by atoms with van der Waals surface area (Å²) in [7, 11) is 1.47. The number of methoxy groups -OCH3 is 1. The van der Waals surface area contributed by atoms with Crippen LogP contribution in [-0.4, -0.2) is 56.8 Å². The number of aliphatic carboxylic acids is 1. The lowest BCUT2D eigenvalue weighted by Gasteiger charge is -2.43. The number of aromatic hydroxyl groups is 1. The Kier molecular flexibility index (Phi) is 4.47. The fourth-order valence-corrected chi connectivity index (χ4v) is 9.52. The maximum absolute atomic E-state index is 13.2. The van der Waals surface area contributed by atoms with Gasteiger partial charge in [-0.15, -0.1) is 11.8 Å². The maximum atomic E-state index is 13.2. The summed E-state index contributed by atoms with van der Waals surface area (Å²) in [5.74, 6) is -3.03. The van der Waals surface area contributed by atoms with Crippen LogP contribution in [0.25, 0.3) is 0 Å². The summed E-state index contributed by atoms with van der Waals surface area (Å²) in [6.07, 6.45) is 0.723. The summed E-state index contributed by atoms with van der Waals surface area (Å²) in [4.78, 5) is 54.3. The molecule has 11 heteroatoms. The van der Waals surface area contributed by atoms with E-state index in [4.69, 9.17) is 4.74 Å². The van der Waals surface area contributed by atoms with Gasteiger partial charge in [-0.1, -0.05) is 17.4 Å². The summed E-state index contributed by atoms with van der Waals surface area (Å²) in [5, 5.41) is 20.1. The molecule has 3 heterocycles. The lowest BCUT2D eigenvalue weighted by Crippen LogP contribution is -2.42. The number of carboxylic acids is 1. The van der Waals surface area contributed by atoms with Gasteiger partial charge in [0.15, 0.2) is 11.5 Å². The Hall–Kier alpha value is -2.79. The number of thiazole rings is 1. The highest BCUT2D eigenvalue weighted by Crippen LogP contribution is 2.68. The average Bonchev–Trinajstić information content (AvgIpc) is 3.49. The van der Waals surface area contributed by atoms with Crippen LogP contribution in [0.15, 0.2) is 28.0 Å². The van der Waals surface area contributed by atoms with Crippen molar-refractivity contribution in [3.63, 3.8) is 0 Å². The van der Waals surface area contributed by atoms with Crippen LogP contribution in [0.4, 0.5) is 0 Å². The smallest absolute Gasteiger partial charge is 0.323 e. The second kappa shape index (κ2) is 7.10. The van der Waals surface area contributed by atoms with Gasteiger partial charge in [0.1, 0.15) is 6.54 Å². The molecular formula is C22H20N2O7S2. The number of amides is 2. The minimum Gasteiger partial charge on any atom is -0.504 e. The van der Waals surface area contributed by atoms with E-state index in [1.165, 1.54) is 7.11 Å². The van der Waals surface area contributed by atoms with Crippen LogP contribution in [0.3, 0.4) is 0 Å². The van der Waals surface area contributed by atoms with Crippen molar-refractivity contribution < 1.29 is 29.3 Å². The SMILES string of the molecule is COc1cc([C@@H]2c3sc(=O)[nH]c3S[C@H]3[C@@H]4C[C@@H]([C@@H]5C(=O)N(CC(=O)O)C(=O)[C@@H]45)[C@H]23)ccc1O. The number of carbonyl (C=O) groups excluding carboxylic acids is 2. The number of thioether (sulfide) groups is 1. The number of rotatable bonds is 4. The predicted octanol–water partition coefficient (Wildman–Crippen LogP) is 1.71. The molecule has 2 amide bonds. The van der Waals surface area contributed by atoms with Crippen LogP contribution in [0.2, 0.25) is 0 Å². The van der Waals surface area contributed by atoms with Crippen molar-refractivity contribution in [2.24, 2.45) is 29.6 Å². The van der Waals surface area contributed by atoms with E-state index in [-0.39, 0.29) is 45.5 Å². The first kappa shape index (κ1) is 20.8. The number of fused-ring (bicyclic) bond motifs is 9. The van der Waals surface area contributed by atoms with Gasteiger partial charge in [0.25, 0.3) is 0 Å². The molecule has 7 atom stereocenters. The van der Waals surface area contributed by atoms with Crippen LogP contribution in [0, 0.1) is 29.6 Å². The van der Waals surface area contributed by atoms with E-state index < -0.39 is 30.3 Å². The Labute approximate surface area is 195 Å². The Morgan fingerprint density at radius 1 is 1.21 bits per heavy atom. The highest BCUT2D eigenvalue weighted by atomic mass is 32.2. The predicted molar refractivity (Wildman–Crippen MR) is 118 cm³/mol. The van der Waals surface area contributed by atoms with Gasteiger partial charge in [-0.25, -0.2) is 0 Å². The molecule has 0 radical (unpaired) electrons. The molecule has 2 aromatic rings. The van der Waals surface area contributed by atoms with E-state index in [1.54, 1.807) is 23.9 Å². The highest BCUT2D eigenvalue weighted by Gasteiger charge is 2.69. The normalized spacial score (nSPS) is 33.7. The van der Waals surface area contributed by atoms with Crippen molar-refractivity contribution in [2.45, 2.75) is 22.6 Å². The Morgan fingerprint density at radius 3 is 2.64 bits per heavy atom. The van der Waals surface area contributed by atoms with Gasteiger partial charge in [-0.3, -0.25) is 24.1 Å². The first-order valence-electron chi connectivity index (χ1n) is 10.6. The molecule has 6 rings (SSSR count). The van der Waals surface area contributed by atoms with Gasteiger partial charge < -0.3 is 19.9 Å². The number of imide groups is 1. The van der Waals surface area contributed by atoms with Crippen molar-refractivity contribution in [2.75, 3.05) is 13.7 Å². The van der Waals surface area contributed by atoms with E-state index >= 15 is 0 Å². The molecule has 172 valence electrons. The summed E-state index contributed by atoms with van der Waals surface area (Å²) < 4.78 is 5.31. The molecule has 2 aliphatic heterocycles. The molecule has 4 aliphatic rings.